The Morgan fingerprint density at radius 2 is 1.83 bits per heavy atom. The molecular weight excluding hydrogens is 448 g/mol. The van der Waals surface area contributed by atoms with Crippen LogP contribution in [0.25, 0.3) is 11.3 Å². The van der Waals surface area contributed by atoms with Crippen LogP contribution >= 0.6 is 0 Å². The molecule has 1 atom stereocenters. The Bertz CT molecular complexity index is 1380. The molecule has 2 aromatic carbocycles. The Morgan fingerprint density at radius 1 is 1.06 bits per heavy atom. The Kier molecular flexibility index (Phi) is 7.07. The van der Waals surface area contributed by atoms with E-state index in [1.54, 1.807) is 60.9 Å². The molecule has 8 heteroatoms. The predicted molar refractivity (Wildman–Crippen MR) is 128 cm³/mol. The van der Waals surface area contributed by atoms with Crippen LogP contribution < -0.4 is 11.1 Å². The zero-order chi connectivity index (χ0) is 24.8. The highest BCUT2D eigenvalue weighted by atomic mass is 19.1. The van der Waals surface area contributed by atoms with E-state index < -0.39 is 23.5 Å². The molecule has 35 heavy (non-hydrogen) atoms. The van der Waals surface area contributed by atoms with Crippen molar-refractivity contribution in [3.8, 4) is 17.3 Å². The monoisotopic (exact) mass is 469 g/mol. The molecule has 0 spiro atoms. The van der Waals surface area contributed by atoms with Crippen LogP contribution in [0.3, 0.4) is 0 Å². The Balaban J connectivity index is 1.73. The fraction of sp³-hybridized carbons (Fsp3) is 0.111. The van der Waals surface area contributed by atoms with Crippen LogP contribution in [-0.2, 0) is 11.2 Å². The number of pyridine rings is 2. The molecule has 0 saturated carbocycles. The van der Waals surface area contributed by atoms with Crippen LogP contribution in [0.5, 0.6) is 0 Å². The molecule has 1 amide bonds. The van der Waals surface area contributed by atoms with Gasteiger partial charge in [0, 0.05) is 36.1 Å². The van der Waals surface area contributed by atoms with Gasteiger partial charge < -0.3 is 11.1 Å². The van der Waals surface area contributed by atoms with Crippen LogP contribution in [0.4, 0.5) is 14.6 Å². The number of benzene rings is 2. The molecule has 0 aliphatic heterocycles. The molecule has 0 fully saturated rings. The highest BCUT2D eigenvalue weighted by Crippen LogP contribution is 2.32. The van der Waals surface area contributed by atoms with Gasteiger partial charge >= 0.3 is 0 Å². The Hall–Kier alpha value is -4.64. The van der Waals surface area contributed by atoms with E-state index in [9.17, 15) is 18.8 Å². The number of rotatable bonds is 8. The molecule has 0 radical (unpaired) electrons. The number of hydrogen-bond acceptors (Lipinski definition) is 5. The molecule has 6 nitrogen and oxygen atoms in total. The van der Waals surface area contributed by atoms with Gasteiger partial charge in [0.05, 0.1) is 23.2 Å². The third kappa shape index (κ3) is 5.47. The van der Waals surface area contributed by atoms with Crippen LogP contribution in [0.1, 0.15) is 28.2 Å². The highest BCUT2D eigenvalue weighted by Gasteiger charge is 2.25. The summed E-state index contributed by atoms with van der Waals surface area (Å²) >= 11 is 0. The van der Waals surface area contributed by atoms with E-state index in [4.69, 9.17) is 10.7 Å². The van der Waals surface area contributed by atoms with Gasteiger partial charge in [-0.05, 0) is 47.9 Å². The molecule has 0 aliphatic carbocycles. The minimum atomic E-state index is -0.828. The van der Waals surface area contributed by atoms with Crippen molar-refractivity contribution in [3.63, 3.8) is 0 Å². The second-order valence-corrected chi connectivity index (χ2v) is 7.87. The zero-order valence-electron chi connectivity index (χ0n) is 18.6. The molecule has 4 rings (SSSR count). The quantitative estimate of drug-likeness (QED) is 0.394. The van der Waals surface area contributed by atoms with Gasteiger partial charge in [-0.2, -0.15) is 5.26 Å². The van der Waals surface area contributed by atoms with Crippen molar-refractivity contribution >= 4 is 11.7 Å². The first kappa shape index (κ1) is 23.5. The molecular formula is C27H21F2N5O. The SMILES string of the molecule is N#Cc1ccccc1-c1ccc(C(C(N)=O)c2cccnc2)c(NCCc2cc(F)cc(F)c2)n1. The van der Waals surface area contributed by atoms with Crippen molar-refractivity contribution < 1.29 is 13.6 Å². The molecule has 0 bridgehead atoms. The fourth-order valence-electron chi connectivity index (χ4n) is 3.92. The number of amides is 1. The normalized spacial score (nSPS) is 11.5. The van der Waals surface area contributed by atoms with Crippen LogP contribution in [0, 0.1) is 23.0 Å². The molecule has 2 heterocycles. The first-order chi connectivity index (χ1) is 17.0. The topological polar surface area (TPSA) is 105 Å². The average molecular weight is 469 g/mol. The van der Waals surface area contributed by atoms with Crippen molar-refractivity contribution in [2.24, 2.45) is 5.73 Å². The Morgan fingerprint density at radius 3 is 2.51 bits per heavy atom. The van der Waals surface area contributed by atoms with Gasteiger partial charge in [0.25, 0.3) is 0 Å². The van der Waals surface area contributed by atoms with Crippen LogP contribution in [0.2, 0.25) is 0 Å². The predicted octanol–water partition coefficient (Wildman–Crippen LogP) is 4.57. The summed E-state index contributed by atoms with van der Waals surface area (Å²) in [5.74, 6) is -2.34. The summed E-state index contributed by atoms with van der Waals surface area (Å²) in [5.41, 5.74) is 8.98. The smallest absolute Gasteiger partial charge is 0.229 e. The molecule has 0 aliphatic rings. The van der Waals surface area contributed by atoms with Crippen molar-refractivity contribution in [2.45, 2.75) is 12.3 Å². The molecule has 3 N–H and O–H groups in total. The fourth-order valence-corrected chi connectivity index (χ4v) is 3.92. The van der Waals surface area contributed by atoms with E-state index in [-0.39, 0.29) is 6.54 Å². The highest BCUT2D eigenvalue weighted by molar-refractivity contribution is 5.87. The summed E-state index contributed by atoms with van der Waals surface area (Å²) in [6.07, 6.45) is 3.47. The van der Waals surface area contributed by atoms with Gasteiger partial charge in [0.1, 0.15) is 17.5 Å². The number of aromatic nitrogens is 2. The second kappa shape index (κ2) is 10.5. The average Bonchev–Trinajstić information content (AvgIpc) is 2.85. The van der Waals surface area contributed by atoms with Crippen molar-refractivity contribution in [1.29, 1.82) is 5.26 Å². The van der Waals surface area contributed by atoms with Crippen LogP contribution in [0.15, 0.2) is 79.1 Å². The summed E-state index contributed by atoms with van der Waals surface area (Å²) in [6, 6.07) is 19.5. The summed E-state index contributed by atoms with van der Waals surface area (Å²) in [6.45, 7) is 0.283. The lowest BCUT2D eigenvalue weighted by atomic mass is 9.91. The first-order valence-corrected chi connectivity index (χ1v) is 10.8. The second-order valence-electron chi connectivity index (χ2n) is 7.87. The van der Waals surface area contributed by atoms with Gasteiger partial charge in [0.15, 0.2) is 0 Å². The number of halogens is 2. The number of nitrogens with two attached hydrogens (primary N) is 1. The number of nitrogens with zero attached hydrogens (tertiary/aromatic N) is 3. The third-order valence-corrected chi connectivity index (χ3v) is 5.49. The lowest BCUT2D eigenvalue weighted by molar-refractivity contribution is -0.118. The number of primary amides is 1. The molecule has 1 unspecified atom stereocenters. The number of hydrogen-bond donors (Lipinski definition) is 2. The van der Waals surface area contributed by atoms with Gasteiger partial charge in [0.2, 0.25) is 5.91 Å². The van der Waals surface area contributed by atoms with E-state index in [1.807, 2.05) is 0 Å². The summed E-state index contributed by atoms with van der Waals surface area (Å²) in [5, 5.41) is 12.7. The molecule has 4 aromatic rings. The van der Waals surface area contributed by atoms with E-state index in [0.717, 1.165) is 6.07 Å². The number of nitriles is 1. The first-order valence-electron chi connectivity index (χ1n) is 10.8. The minimum absolute atomic E-state index is 0.283. The molecule has 174 valence electrons. The van der Waals surface area contributed by atoms with E-state index in [0.29, 0.717) is 45.7 Å². The zero-order valence-corrected chi connectivity index (χ0v) is 18.6. The largest absolute Gasteiger partial charge is 0.369 e. The van der Waals surface area contributed by atoms with Crippen molar-refractivity contribution in [2.75, 3.05) is 11.9 Å². The lowest BCUT2D eigenvalue weighted by Crippen LogP contribution is -2.24. The van der Waals surface area contributed by atoms with Gasteiger partial charge in [-0.25, -0.2) is 13.8 Å². The standard InChI is InChI=1S/C27H21F2N5O/c28-20-12-17(13-21(29)14-20)9-11-33-27-23(25(26(31)35)19-5-3-10-32-16-19)7-8-24(34-27)22-6-2-1-4-18(22)15-30/h1-8,10,12-14,16,25H,9,11H2,(H2,31,35)(H,33,34). The van der Waals surface area contributed by atoms with E-state index >= 15 is 0 Å². The summed E-state index contributed by atoms with van der Waals surface area (Å²) in [4.78, 5) is 21.3. The Labute approximate surface area is 201 Å². The van der Waals surface area contributed by atoms with E-state index in [1.165, 1.54) is 12.1 Å². The van der Waals surface area contributed by atoms with Gasteiger partial charge in [-0.3, -0.25) is 9.78 Å². The number of nitrogens with one attached hydrogen (secondary N) is 1. The molecule has 2 aromatic heterocycles. The van der Waals surface area contributed by atoms with Crippen LogP contribution in [-0.4, -0.2) is 22.4 Å². The van der Waals surface area contributed by atoms with Crippen molar-refractivity contribution in [1.82, 2.24) is 9.97 Å². The van der Waals surface area contributed by atoms with Crippen molar-refractivity contribution in [3.05, 3.63) is 113 Å². The maximum Gasteiger partial charge on any atom is 0.229 e. The maximum atomic E-state index is 13.6. The van der Waals surface area contributed by atoms with Gasteiger partial charge in [-0.15, -0.1) is 0 Å². The lowest BCUT2D eigenvalue weighted by Gasteiger charge is -2.19. The summed E-state index contributed by atoms with van der Waals surface area (Å²) < 4.78 is 27.2. The third-order valence-electron chi connectivity index (χ3n) is 5.49. The minimum Gasteiger partial charge on any atom is -0.369 e. The number of carbonyl (C=O) groups excluding carboxylic acids is 1. The molecule has 0 saturated heterocycles. The summed E-state index contributed by atoms with van der Waals surface area (Å²) in [7, 11) is 0. The number of carbonyl (C=O) groups is 1. The van der Waals surface area contributed by atoms with E-state index in [2.05, 4.69) is 16.4 Å². The number of anilines is 1. The van der Waals surface area contributed by atoms with Gasteiger partial charge in [-0.1, -0.05) is 30.3 Å². The maximum absolute atomic E-state index is 13.6.